The van der Waals surface area contributed by atoms with Crippen LogP contribution in [0.4, 0.5) is 0 Å². The van der Waals surface area contributed by atoms with Gasteiger partial charge >= 0.3 is 0 Å². The molecule has 3 aromatic rings. The summed E-state index contributed by atoms with van der Waals surface area (Å²) in [5.41, 5.74) is 8.19. The van der Waals surface area contributed by atoms with Crippen LogP contribution < -0.4 is 0 Å². The number of rotatable bonds is 2. The van der Waals surface area contributed by atoms with Crippen molar-refractivity contribution in [3.05, 3.63) is 99.0 Å². The van der Waals surface area contributed by atoms with Gasteiger partial charge in [-0.2, -0.15) is 0 Å². The molecular formula is C26H23BrO. The van der Waals surface area contributed by atoms with Crippen LogP contribution >= 0.6 is 15.9 Å². The van der Waals surface area contributed by atoms with Crippen LogP contribution in [0.1, 0.15) is 41.5 Å². The van der Waals surface area contributed by atoms with Crippen LogP contribution in [-0.2, 0) is 13.0 Å². The molecule has 0 radical (unpaired) electrons. The smallest absolute Gasteiger partial charge is 0.0693 e. The highest BCUT2D eigenvalue weighted by atomic mass is 79.9. The third-order valence-corrected chi connectivity index (χ3v) is 7.11. The predicted octanol–water partition coefficient (Wildman–Crippen LogP) is 6.78. The van der Waals surface area contributed by atoms with Gasteiger partial charge in [0.15, 0.2) is 0 Å². The molecule has 0 saturated carbocycles. The first-order valence-corrected chi connectivity index (χ1v) is 10.8. The molecule has 28 heavy (non-hydrogen) atoms. The Labute approximate surface area is 174 Å². The van der Waals surface area contributed by atoms with E-state index in [4.69, 9.17) is 0 Å². The van der Waals surface area contributed by atoms with Gasteiger partial charge in [0.05, 0.1) is 6.61 Å². The number of fused-ring (bicyclic) bond motifs is 4. The molecule has 0 aromatic heterocycles. The minimum absolute atomic E-state index is 0.0585. The first-order chi connectivity index (χ1) is 13.7. The lowest BCUT2D eigenvalue weighted by Gasteiger charge is -2.33. The fraction of sp³-hybridized carbons (Fsp3) is 0.231. The summed E-state index contributed by atoms with van der Waals surface area (Å²) >= 11 is 3.64. The third kappa shape index (κ3) is 2.87. The van der Waals surface area contributed by atoms with E-state index in [1.54, 1.807) is 5.57 Å². The zero-order valence-electron chi connectivity index (χ0n) is 16.0. The molecule has 0 aliphatic heterocycles. The van der Waals surface area contributed by atoms with Gasteiger partial charge < -0.3 is 5.11 Å². The number of hydrogen-bond donors (Lipinski definition) is 1. The van der Waals surface area contributed by atoms with Crippen molar-refractivity contribution in [2.75, 3.05) is 0 Å². The van der Waals surface area contributed by atoms with Crippen LogP contribution in [0.25, 0.3) is 16.3 Å². The van der Waals surface area contributed by atoms with Crippen molar-refractivity contribution in [2.24, 2.45) is 5.92 Å². The average molecular weight is 431 g/mol. The molecule has 2 aliphatic carbocycles. The van der Waals surface area contributed by atoms with E-state index >= 15 is 0 Å². The second-order valence-electron chi connectivity index (χ2n) is 8.04. The standard InChI is InChI=1S/C26H23BrO/c1-16-11-25-22(10-8-19-12-20(15-28)26(27)14-24(19)25)21-9-7-18(13-23(16)21)17-5-3-2-4-6-17/h2-10,12,14,16,18,28H,11,13,15H2,1H3. The molecule has 0 saturated heterocycles. The summed E-state index contributed by atoms with van der Waals surface area (Å²) in [6, 6.07) is 19.6. The summed E-state index contributed by atoms with van der Waals surface area (Å²) in [6.07, 6.45) is 6.92. The second-order valence-corrected chi connectivity index (χ2v) is 8.89. The van der Waals surface area contributed by atoms with Crippen LogP contribution in [0.15, 0.2) is 76.8 Å². The predicted molar refractivity (Wildman–Crippen MR) is 120 cm³/mol. The molecule has 1 N–H and O–H groups in total. The van der Waals surface area contributed by atoms with Crippen molar-refractivity contribution in [3.8, 4) is 0 Å². The third-order valence-electron chi connectivity index (χ3n) is 6.37. The molecule has 2 atom stereocenters. The van der Waals surface area contributed by atoms with Crippen molar-refractivity contribution >= 4 is 32.3 Å². The fourth-order valence-electron chi connectivity index (χ4n) is 4.87. The van der Waals surface area contributed by atoms with Gasteiger partial charge in [-0.25, -0.2) is 0 Å². The first-order valence-electron chi connectivity index (χ1n) is 9.97. The zero-order valence-corrected chi connectivity index (χ0v) is 17.5. The van der Waals surface area contributed by atoms with Gasteiger partial charge in [0.2, 0.25) is 0 Å². The normalized spacial score (nSPS) is 21.0. The molecule has 3 aromatic carbocycles. The average Bonchev–Trinajstić information content (AvgIpc) is 2.74. The van der Waals surface area contributed by atoms with Gasteiger partial charge in [0.25, 0.3) is 0 Å². The number of hydrogen-bond acceptors (Lipinski definition) is 1. The summed E-state index contributed by atoms with van der Waals surface area (Å²) in [4.78, 5) is 0. The van der Waals surface area contributed by atoms with Gasteiger partial charge in [-0.1, -0.05) is 83.0 Å². The maximum atomic E-state index is 9.58. The topological polar surface area (TPSA) is 20.2 Å². The van der Waals surface area contributed by atoms with Gasteiger partial charge in [0, 0.05) is 10.4 Å². The summed E-state index contributed by atoms with van der Waals surface area (Å²) in [6.45, 7) is 2.43. The quantitative estimate of drug-likeness (QED) is 0.474. The molecule has 2 heteroatoms. The minimum atomic E-state index is 0.0585. The molecule has 140 valence electrons. The molecule has 0 amide bonds. The highest BCUT2D eigenvalue weighted by molar-refractivity contribution is 9.10. The Kier molecular flexibility index (Phi) is 4.49. The van der Waals surface area contributed by atoms with E-state index in [1.807, 2.05) is 0 Å². The Morgan fingerprint density at radius 1 is 1.04 bits per heavy atom. The molecule has 2 aliphatic rings. The van der Waals surface area contributed by atoms with Gasteiger partial charge in [-0.3, -0.25) is 0 Å². The van der Waals surface area contributed by atoms with Crippen molar-refractivity contribution < 1.29 is 5.11 Å². The fourth-order valence-corrected chi connectivity index (χ4v) is 5.34. The van der Waals surface area contributed by atoms with Crippen molar-refractivity contribution in [1.82, 2.24) is 0 Å². The maximum absolute atomic E-state index is 9.58. The summed E-state index contributed by atoms with van der Waals surface area (Å²) < 4.78 is 0.992. The Balaban J connectivity index is 1.61. The Morgan fingerprint density at radius 2 is 1.86 bits per heavy atom. The van der Waals surface area contributed by atoms with Crippen LogP contribution in [0, 0.1) is 5.92 Å². The molecule has 1 nitrogen and oxygen atoms in total. The Hall–Kier alpha value is -2.16. The molecule has 0 spiro atoms. The second kappa shape index (κ2) is 7.02. The SMILES string of the molecule is CC1Cc2c(ccc3cc(CO)c(Br)cc23)C2=C1CC(c1ccccc1)C=C2. The van der Waals surface area contributed by atoms with Gasteiger partial charge in [-0.15, -0.1) is 0 Å². The summed E-state index contributed by atoms with van der Waals surface area (Å²) in [5.74, 6) is 1.02. The lowest BCUT2D eigenvalue weighted by Crippen LogP contribution is -2.18. The van der Waals surface area contributed by atoms with Crippen LogP contribution in [0.2, 0.25) is 0 Å². The summed E-state index contributed by atoms with van der Waals surface area (Å²) in [7, 11) is 0. The van der Waals surface area contributed by atoms with Gasteiger partial charge in [0.1, 0.15) is 0 Å². The number of allylic oxidation sites excluding steroid dienone is 4. The van der Waals surface area contributed by atoms with E-state index < -0.39 is 0 Å². The number of benzene rings is 3. The van der Waals surface area contributed by atoms with Crippen molar-refractivity contribution in [3.63, 3.8) is 0 Å². The first kappa shape index (κ1) is 17.9. The van der Waals surface area contributed by atoms with Crippen molar-refractivity contribution in [1.29, 1.82) is 0 Å². The molecule has 2 unspecified atom stereocenters. The number of halogens is 1. The van der Waals surface area contributed by atoms with Crippen molar-refractivity contribution in [2.45, 2.75) is 32.3 Å². The number of aliphatic hydroxyl groups excluding tert-OH is 1. The molecule has 0 heterocycles. The van der Waals surface area contributed by atoms with Gasteiger partial charge in [-0.05, 0) is 69.5 Å². The highest BCUT2D eigenvalue weighted by Crippen LogP contribution is 2.46. The van der Waals surface area contributed by atoms with E-state index in [9.17, 15) is 5.11 Å². The van der Waals surface area contributed by atoms with E-state index in [0.717, 1.165) is 22.9 Å². The largest absolute Gasteiger partial charge is 0.392 e. The number of aliphatic hydroxyl groups is 1. The maximum Gasteiger partial charge on any atom is 0.0693 e. The van der Waals surface area contributed by atoms with E-state index in [0.29, 0.717) is 11.8 Å². The zero-order chi connectivity index (χ0) is 19.3. The van der Waals surface area contributed by atoms with E-state index in [1.165, 1.54) is 33.0 Å². The van der Waals surface area contributed by atoms with E-state index in [-0.39, 0.29) is 6.61 Å². The van der Waals surface area contributed by atoms with Crippen LogP contribution in [0.3, 0.4) is 0 Å². The minimum Gasteiger partial charge on any atom is -0.392 e. The lowest BCUT2D eigenvalue weighted by atomic mass is 9.71. The highest BCUT2D eigenvalue weighted by Gasteiger charge is 2.29. The Morgan fingerprint density at radius 3 is 2.64 bits per heavy atom. The summed E-state index contributed by atoms with van der Waals surface area (Å²) in [5, 5.41) is 12.1. The monoisotopic (exact) mass is 430 g/mol. The van der Waals surface area contributed by atoms with E-state index in [2.05, 4.69) is 89.6 Å². The lowest BCUT2D eigenvalue weighted by molar-refractivity contribution is 0.281. The van der Waals surface area contributed by atoms with Crippen LogP contribution in [-0.4, -0.2) is 5.11 Å². The molecule has 5 rings (SSSR count). The molecule has 0 bridgehead atoms. The molecular weight excluding hydrogens is 408 g/mol. The molecule has 0 fully saturated rings. The van der Waals surface area contributed by atoms with Crippen LogP contribution in [0.5, 0.6) is 0 Å². The Bertz CT molecular complexity index is 1120.